The smallest absolute Gasteiger partial charge is 0.301 e. The van der Waals surface area contributed by atoms with Crippen LogP contribution in [0, 0.1) is 20.8 Å². The SMILES string of the molecule is COc1ccc(C(O)=C2C(=O)C(=O)N(c3nc4c(C)cc(C)cc4s3)C2c2ccc(OC)c(OC)c2)cc1C. The Balaban J connectivity index is 1.76. The number of carbonyl (C=O) groups is 2. The molecule has 1 saturated heterocycles. The molecule has 0 saturated carbocycles. The maximum absolute atomic E-state index is 13.6. The molecule has 2 heterocycles. The first-order valence-electron chi connectivity index (χ1n) is 12.2. The molecule has 200 valence electrons. The molecule has 1 atom stereocenters. The summed E-state index contributed by atoms with van der Waals surface area (Å²) in [6, 6.07) is 13.3. The Morgan fingerprint density at radius 3 is 2.23 bits per heavy atom. The maximum atomic E-state index is 13.6. The summed E-state index contributed by atoms with van der Waals surface area (Å²) in [5, 5.41) is 11.9. The van der Waals surface area contributed by atoms with E-state index in [-0.39, 0.29) is 11.3 Å². The highest BCUT2D eigenvalue weighted by Gasteiger charge is 2.48. The number of ketones is 1. The van der Waals surface area contributed by atoms with Gasteiger partial charge in [0.2, 0.25) is 0 Å². The molecular weight excluding hydrogens is 516 g/mol. The number of fused-ring (bicyclic) bond motifs is 1. The van der Waals surface area contributed by atoms with Crippen molar-refractivity contribution in [2.45, 2.75) is 26.8 Å². The fourth-order valence-electron chi connectivity index (χ4n) is 5.01. The van der Waals surface area contributed by atoms with Crippen LogP contribution >= 0.6 is 11.3 Å². The minimum atomic E-state index is -0.950. The molecule has 1 N–H and O–H groups in total. The van der Waals surface area contributed by atoms with Crippen LogP contribution in [0.5, 0.6) is 17.2 Å². The molecule has 5 rings (SSSR count). The average Bonchev–Trinajstić information content (AvgIpc) is 3.46. The van der Waals surface area contributed by atoms with Gasteiger partial charge in [0, 0.05) is 5.56 Å². The number of aromatic nitrogens is 1. The van der Waals surface area contributed by atoms with Crippen LogP contribution in [0.2, 0.25) is 0 Å². The molecule has 0 spiro atoms. The molecule has 4 aromatic rings. The average molecular weight is 545 g/mol. The molecule has 39 heavy (non-hydrogen) atoms. The molecule has 1 aliphatic rings. The van der Waals surface area contributed by atoms with Crippen molar-refractivity contribution < 1.29 is 28.9 Å². The standard InChI is InChI=1S/C30H28N2O6S/c1-15-11-17(3)25-23(12-15)39-30(31-25)32-26(18-7-10-21(37-5)22(14-18)38-6)24(28(34)29(32)35)27(33)19-8-9-20(36-4)16(2)13-19/h7-14,26,33H,1-6H3. The Morgan fingerprint density at radius 2 is 1.56 bits per heavy atom. The summed E-state index contributed by atoms with van der Waals surface area (Å²) in [4.78, 5) is 33.4. The number of hydrogen-bond acceptors (Lipinski definition) is 8. The Bertz CT molecular complexity index is 1670. The number of Topliss-reactive ketones (excluding diaryl/α,β-unsaturated/α-hetero) is 1. The van der Waals surface area contributed by atoms with Crippen molar-refractivity contribution in [3.63, 3.8) is 0 Å². The lowest BCUT2D eigenvalue weighted by molar-refractivity contribution is -0.132. The van der Waals surface area contributed by atoms with E-state index < -0.39 is 17.7 Å². The number of aliphatic hydroxyl groups is 1. The molecule has 0 bridgehead atoms. The summed E-state index contributed by atoms with van der Waals surface area (Å²) in [6.07, 6.45) is 0. The fraction of sp³-hybridized carbons (Fsp3) is 0.233. The zero-order chi connectivity index (χ0) is 28.0. The van der Waals surface area contributed by atoms with Gasteiger partial charge in [0.05, 0.1) is 43.2 Å². The van der Waals surface area contributed by atoms with Crippen molar-refractivity contribution in [3.05, 3.63) is 81.9 Å². The monoisotopic (exact) mass is 544 g/mol. The number of rotatable bonds is 6. The molecule has 1 amide bonds. The van der Waals surface area contributed by atoms with Gasteiger partial charge < -0.3 is 19.3 Å². The Hall–Kier alpha value is -4.37. The minimum absolute atomic E-state index is 0.0380. The van der Waals surface area contributed by atoms with E-state index in [9.17, 15) is 14.7 Å². The highest BCUT2D eigenvalue weighted by molar-refractivity contribution is 7.22. The number of benzene rings is 3. The summed E-state index contributed by atoms with van der Waals surface area (Å²) >= 11 is 1.33. The number of thiazole rings is 1. The minimum Gasteiger partial charge on any atom is -0.507 e. The first-order valence-corrected chi connectivity index (χ1v) is 13.1. The van der Waals surface area contributed by atoms with Gasteiger partial charge in [0.25, 0.3) is 5.78 Å². The number of aliphatic hydroxyl groups excluding tert-OH is 1. The van der Waals surface area contributed by atoms with E-state index >= 15 is 0 Å². The quantitative estimate of drug-likeness (QED) is 0.184. The van der Waals surface area contributed by atoms with E-state index in [1.54, 1.807) is 43.5 Å². The van der Waals surface area contributed by atoms with Crippen molar-refractivity contribution in [2.24, 2.45) is 0 Å². The lowest BCUT2D eigenvalue weighted by atomic mass is 9.94. The highest BCUT2D eigenvalue weighted by atomic mass is 32.1. The molecule has 1 aromatic heterocycles. The van der Waals surface area contributed by atoms with Gasteiger partial charge >= 0.3 is 5.91 Å². The molecule has 9 heteroatoms. The van der Waals surface area contributed by atoms with Crippen molar-refractivity contribution in [1.82, 2.24) is 4.98 Å². The van der Waals surface area contributed by atoms with Gasteiger partial charge in [0.1, 0.15) is 11.5 Å². The van der Waals surface area contributed by atoms with Crippen LogP contribution in [0.15, 0.2) is 54.1 Å². The van der Waals surface area contributed by atoms with Crippen LogP contribution < -0.4 is 19.1 Å². The Labute approximate surface area is 230 Å². The van der Waals surface area contributed by atoms with E-state index in [0.29, 0.717) is 33.5 Å². The van der Waals surface area contributed by atoms with Crippen LogP contribution in [0.25, 0.3) is 16.0 Å². The van der Waals surface area contributed by atoms with Crippen LogP contribution in [-0.2, 0) is 9.59 Å². The summed E-state index contributed by atoms with van der Waals surface area (Å²) in [5.74, 6) is -0.285. The van der Waals surface area contributed by atoms with E-state index in [0.717, 1.165) is 26.9 Å². The van der Waals surface area contributed by atoms with E-state index in [1.807, 2.05) is 32.9 Å². The Morgan fingerprint density at radius 1 is 0.872 bits per heavy atom. The predicted molar refractivity (Wildman–Crippen MR) is 151 cm³/mol. The molecule has 0 radical (unpaired) electrons. The lowest BCUT2D eigenvalue weighted by Gasteiger charge is -2.24. The predicted octanol–water partition coefficient (Wildman–Crippen LogP) is 5.87. The van der Waals surface area contributed by atoms with E-state index in [1.165, 1.54) is 30.5 Å². The normalized spacial score (nSPS) is 16.7. The van der Waals surface area contributed by atoms with Gasteiger partial charge in [-0.2, -0.15) is 0 Å². The second-order valence-corrected chi connectivity index (χ2v) is 10.4. The second kappa shape index (κ2) is 10.1. The third-order valence-corrected chi connectivity index (χ3v) is 7.86. The molecule has 1 fully saturated rings. The summed E-state index contributed by atoms with van der Waals surface area (Å²) in [5.41, 5.74) is 4.50. The lowest BCUT2D eigenvalue weighted by Crippen LogP contribution is -2.29. The zero-order valence-corrected chi connectivity index (χ0v) is 23.3. The zero-order valence-electron chi connectivity index (χ0n) is 22.5. The molecule has 1 unspecified atom stereocenters. The van der Waals surface area contributed by atoms with Gasteiger partial charge in [-0.1, -0.05) is 23.5 Å². The largest absolute Gasteiger partial charge is 0.507 e. The third-order valence-electron chi connectivity index (χ3n) is 6.86. The first kappa shape index (κ1) is 26.2. The number of amides is 1. The van der Waals surface area contributed by atoms with Gasteiger partial charge in [-0.05, 0) is 79.4 Å². The van der Waals surface area contributed by atoms with Gasteiger partial charge in [-0.3, -0.25) is 14.5 Å². The highest BCUT2D eigenvalue weighted by Crippen LogP contribution is 2.46. The van der Waals surface area contributed by atoms with E-state index in [4.69, 9.17) is 19.2 Å². The number of anilines is 1. The maximum Gasteiger partial charge on any atom is 0.301 e. The molecule has 0 aliphatic carbocycles. The van der Waals surface area contributed by atoms with Gasteiger partial charge in [-0.25, -0.2) is 4.98 Å². The molecule has 1 aliphatic heterocycles. The summed E-state index contributed by atoms with van der Waals surface area (Å²) < 4.78 is 17.2. The van der Waals surface area contributed by atoms with Crippen LogP contribution in [0.3, 0.4) is 0 Å². The summed E-state index contributed by atoms with van der Waals surface area (Å²) in [7, 11) is 4.60. The number of aryl methyl sites for hydroxylation is 3. The number of hydrogen-bond donors (Lipinski definition) is 1. The third kappa shape index (κ3) is 4.38. The van der Waals surface area contributed by atoms with Crippen LogP contribution in [0.1, 0.15) is 33.9 Å². The first-order chi connectivity index (χ1) is 18.7. The summed E-state index contributed by atoms with van der Waals surface area (Å²) in [6.45, 7) is 5.80. The van der Waals surface area contributed by atoms with Crippen molar-refractivity contribution in [3.8, 4) is 17.2 Å². The van der Waals surface area contributed by atoms with Crippen LogP contribution in [-0.4, -0.2) is 43.1 Å². The topological polar surface area (TPSA) is 98.2 Å². The number of ether oxygens (including phenoxy) is 3. The molecule has 8 nitrogen and oxygen atoms in total. The number of carbonyl (C=O) groups excluding carboxylic acids is 2. The second-order valence-electron chi connectivity index (χ2n) is 9.39. The van der Waals surface area contributed by atoms with Gasteiger partial charge in [-0.15, -0.1) is 0 Å². The fourth-order valence-corrected chi connectivity index (χ4v) is 6.18. The van der Waals surface area contributed by atoms with Crippen LogP contribution in [0.4, 0.5) is 5.13 Å². The van der Waals surface area contributed by atoms with Crippen molar-refractivity contribution in [1.29, 1.82) is 0 Å². The molecule has 3 aromatic carbocycles. The van der Waals surface area contributed by atoms with E-state index in [2.05, 4.69) is 0 Å². The van der Waals surface area contributed by atoms with Gasteiger partial charge in [0.15, 0.2) is 16.6 Å². The number of nitrogens with zero attached hydrogens (tertiary/aromatic N) is 2. The van der Waals surface area contributed by atoms with Crippen molar-refractivity contribution >= 4 is 44.1 Å². The number of methoxy groups -OCH3 is 3. The molecular formula is C30H28N2O6S. The van der Waals surface area contributed by atoms with Crippen molar-refractivity contribution in [2.75, 3.05) is 26.2 Å². The Kier molecular flexibility index (Phi) is 6.78.